The van der Waals surface area contributed by atoms with Crippen molar-refractivity contribution in [1.29, 1.82) is 0 Å². The van der Waals surface area contributed by atoms with Crippen molar-refractivity contribution in [3.8, 4) is 11.5 Å². The zero-order chi connectivity index (χ0) is 17.0. The Morgan fingerprint density at radius 1 is 1.30 bits per heavy atom. The Balaban J connectivity index is 2.01. The minimum Gasteiger partial charge on any atom is -0.504 e. The Bertz CT molecular complexity index is 578. The van der Waals surface area contributed by atoms with Crippen molar-refractivity contribution < 1.29 is 24.2 Å². The Morgan fingerprint density at radius 2 is 1.96 bits per heavy atom. The minimum atomic E-state index is -0.887. The largest absolute Gasteiger partial charge is 0.504 e. The van der Waals surface area contributed by atoms with Crippen LogP contribution in [0.2, 0.25) is 0 Å². The van der Waals surface area contributed by atoms with Crippen molar-refractivity contribution in [2.45, 2.75) is 32.8 Å². The van der Waals surface area contributed by atoms with E-state index in [2.05, 4.69) is 6.92 Å². The number of hydrogen-bond donors (Lipinski definition) is 1. The SMILES string of the molecule is COc1cccc(C(=O)OC(C)C(=O)N2CCC(C)CC2)c1O. The van der Waals surface area contributed by atoms with E-state index >= 15 is 0 Å². The number of methoxy groups -OCH3 is 1. The maximum Gasteiger partial charge on any atom is 0.342 e. The quantitative estimate of drug-likeness (QED) is 0.861. The fourth-order valence-corrected chi connectivity index (χ4v) is 2.61. The minimum absolute atomic E-state index is 0.0173. The second kappa shape index (κ2) is 7.35. The summed E-state index contributed by atoms with van der Waals surface area (Å²) in [5.41, 5.74) is -0.0173. The van der Waals surface area contributed by atoms with E-state index in [1.165, 1.54) is 19.2 Å². The molecule has 0 radical (unpaired) electrons. The number of hydrogen-bond acceptors (Lipinski definition) is 5. The van der Waals surface area contributed by atoms with Crippen molar-refractivity contribution in [3.05, 3.63) is 23.8 Å². The van der Waals surface area contributed by atoms with Crippen LogP contribution in [0.25, 0.3) is 0 Å². The normalized spacial score (nSPS) is 16.7. The third-order valence-electron chi connectivity index (χ3n) is 4.17. The first kappa shape index (κ1) is 17.1. The van der Waals surface area contributed by atoms with Crippen LogP contribution in [-0.2, 0) is 9.53 Å². The second-order valence-electron chi connectivity index (χ2n) is 5.91. The number of esters is 1. The van der Waals surface area contributed by atoms with Crippen molar-refractivity contribution in [3.63, 3.8) is 0 Å². The van der Waals surface area contributed by atoms with Gasteiger partial charge in [0.05, 0.1) is 7.11 Å². The van der Waals surface area contributed by atoms with Crippen molar-refractivity contribution in [2.24, 2.45) is 5.92 Å². The number of para-hydroxylation sites is 1. The van der Waals surface area contributed by atoms with Crippen molar-refractivity contribution >= 4 is 11.9 Å². The molecule has 126 valence electrons. The van der Waals surface area contributed by atoms with Crippen molar-refractivity contribution in [1.82, 2.24) is 4.90 Å². The topological polar surface area (TPSA) is 76.1 Å². The average molecular weight is 321 g/mol. The highest BCUT2D eigenvalue weighted by Crippen LogP contribution is 2.30. The highest BCUT2D eigenvalue weighted by atomic mass is 16.5. The molecule has 1 aromatic rings. The lowest BCUT2D eigenvalue weighted by Crippen LogP contribution is -2.44. The number of amides is 1. The van der Waals surface area contributed by atoms with Gasteiger partial charge in [0.25, 0.3) is 5.91 Å². The Kier molecular flexibility index (Phi) is 5.47. The molecule has 23 heavy (non-hydrogen) atoms. The number of rotatable bonds is 4. The summed E-state index contributed by atoms with van der Waals surface area (Å²) in [4.78, 5) is 26.2. The predicted octanol–water partition coefficient (Wildman–Crippen LogP) is 2.20. The molecule has 1 amide bonds. The van der Waals surface area contributed by atoms with Crippen LogP contribution in [0.15, 0.2) is 18.2 Å². The number of carbonyl (C=O) groups excluding carboxylic acids is 2. The molecule has 2 rings (SSSR count). The molecule has 6 heteroatoms. The number of benzene rings is 1. The van der Waals surface area contributed by atoms with Crippen LogP contribution in [0, 0.1) is 5.92 Å². The van der Waals surface area contributed by atoms with Gasteiger partial charge in [0.2, 0.25) is 0 Å². The zero-order valence-electron chi connectivity index (χ0n) is 13.7. The number of likely N-dealkylation sites (tertiary alicyclic amines) is 1. The van der Waals surface area contributed by atoms with E-state index in [9.17, 15) is 14.7 Å². The Labute approximate surface area is 136 Å². The molecule has 1 heterocycles. The lowest BCUT2D eigenvalue weighted by atomic mass is 9.99. The number of phenolic OH excluding ortho intramolecular Hbond substituents is 1. The van der Waals surface area contributed by atoms with Crippen LogP contribution < -0.4 is 4.74 Å². The summed E-state index contributed by atoms with van der Waals surface area (Å²) < 4.78 is 10.2. The van der Waals surface area contributed by atoms with Gasteiger partial charge < -0.3 is 19.5 Å². The van der Waals surface area contributed by atoms with Crippen molar-refractivity contribution in [2.75, 3.05) is 20.2 Å². The molecule has 1 atom stereocenters. The molecular weight excluding hydrogens is 298 g/mol. The first-order valence-electron chi connectivity index (χ1n) is 7.79. The molecule has 0 aliphatic carbocycles. The lowest BCUT2D eigenvalue weighted by molar-refractivity contribution is -0.141. The first-order valence-corrected chi connectivity index (χ1v) is 7.79. The van der Waals surface area contributed by atoms with E-state index in [4.69, 9.17) is 9.47 Å². The van der Waals surface area contributed by atoms with Gasteiger partial charge in [-0.15, -0.1) is 0 Å². The number of aromatic hydroxyl groups is 1. The third kappa shape index (κ3) is 3.94. The van der Waals surface area contributed by atoms with Crippen LogP contribution in [0.4, 0.5) is 0 Å². The van der Waals surface area contributed by atoms with Gasteiger partial charge in [-0.25, -0.2) is 4.79 Å². The van der Waals surface area contributed by atoms with Gasteiger partial charge in [-0.3, -0.25) is 4.79 Å². The molecule has 1 N–H and O–H groups in total. The molecule has 1 aliphatic rings. The Hall–Kier alpha value is -2.24. The lowest BCUT2D eigenvalue weighted by Gasteiger charge is -2.31. The zero-order valence-corrected chi connectivity index (χ0v) is 13.7. The van der Waals surface area contributed by atoms with Gasteiger partial charge in [0.15, 0.2) is 17.6 Å². The van der Waals surface area contributed by atoms with Crippen LogP contribution in [0.3, 0.4) is 0 Å². The number of ether oxygens (including phenoxy) is 2. The highest BCUT2D eigenvalue weighted by molar-refractivity contribution is 5.95. The maximum absolute atomic E-state index is 12.3. The van der Waals surface area contributed by atoms with Crippen LogP contribution in [0.5, 0.6) is 11.5 Å². The van der Waals surface area contributed by atoms with E-state index < -0.39 is 12.1 Å². The summed E-state index contributed by atoms with van der Waals surface area (Å²) in [7, 11) is 1.40. The summed E-state index contributed by atoms with van der Waals surface area (Å²) in [5, 5.41) is 9.97. The summed E-state index contributed by atoms with van der Waals surface area (Å²) in [6.45, 7) is 5.09. The number of nitrogens with zero attached hydrogens (tertiary/aromatic N) is 1. The molecule has 1 aromatic carbocycles. The van der Waals surface area contributed by atoms with E-state index in [0.717, 1.165) is 12.8 Å². The predicted molar refractivity (Wildman–Crippen MR) is 84.5 cm³/mol. The van der Waals surface area contributed by atoms with E-state index in [0.29, 0.717) is 19.0 Å². The first-order chi connectivity index (χ1) is 10.9. The molecular formula is C17H23NO5. The molecule has 0 saturated carbocycles. The number of carbonyl (C=O) groups is 2. The van der Waals surface area contributed by atoms with E-state index in [1.54, 1.807) is 17.9 Å². The molecule has 6 nitrogen and oxygen atoms in total. The van der Waals surface area contributed by atoms with Gasteiger partial charge in [-0.05, 0) is 37.8 Å². The molecule has 0 aromatic heterocycles. The smallest absolute Gasteiger partial charge is 0.342 e. The number of phenols is 1. The summed E-state index contributed by atoms with van der Waals surface area (Å²) in [5.74, 6) is -0.430. The maximum atomic E-state index is 12.3. The van der Waals surface area contributed by atoms with Gasteiger partial charge in [0.1, 0.15) is 5.56 Å². The fourth-order valence-electron chi connectivity index (χ4n) is 2.61. The third-order valence-corrected chi connectivity index (χ3v) is 4.17. The van der Waals surface area contributed by atoms with E-state index in [1.807, 2.05) is 0 Å². The van der Waals surface area contributed by atoms with Crippen LogP contribution in [0.1, 0.15) is 37.0 Å². The van der Waals surface area contributed by atoms with Gasteiger partial charge >= 0.3 is 5.97 Å². The fraction of sp³-hybridized carbons (Fsp3) is 0.529. The summed E-state index contributed by atoms with van der Waals surface area (Å²) in [6, 6.07) is 4.54. The van der Waals surface area contributed by atoms with Crippen LogP contribution in [-0.4, -0.2) is 48.2 Å². The molecule has 1 unspecified atom stereocenters. The standard InChI is InChI=1S/C17H23NO5/c1-11-7-9-18(10-8-11)16(20)12(2)23-17(21)13-5-4-6-14(22-3)15(13)19/h4-6,11-12,19H,7-10H2,1-3H3. The highest BCUT2D eigenvalue weighted by Gasteiger charge is 2.28. The van der Waals surface area contributed by atoms with Gasteiger partial charge in [-0.1, -0.05) is 13.0 Å². The molecule has 1 aliphatic heterocycles. The molecule has 1 saturated heterocycles. The summed E-state index contributed by atoms with van der Waals surface area (Å²) in [6.07, 6.45) is 1.04. The van der Waals surface area contributed by atoms with E-state index in [-0.39, 0.29) is 23.0 Å². The second-order valence-corrected chi connectivity index (χ2v) is 5.91. The monoisotopic (exact) mass is 321 g/mol. The molecule has 1 fully saturated rings. The average Bonchev–Trinajstić information content (AvgIpc) is 2.55. The van der Waals surface area contributed by atoms with Gasteiger partial charge in [-0.2, -0.15) is 0 Å². The number of piperidine rings is 1. The molecule has 0 bridgehead atoms. The van der Waals surface area contributed by atoms with Gasteiger partial charge in [0, 0.05) is 13.1 Å². The van der Waals surface area contributed by atoms with Crippen LogP contribution >= 0.6 is 0 Å². The Morgan fingerprint density at radius 3 is 2.57 bits per heavy atom. The molecule has 0 spiro atoms. The summed E-state index contributed by atoms with van der Waals surface area (Å²) >= 11 is 0.